The van der Waals surface area contributed by atoms with Gasteiger partial charge in [0.2, 0.25) is 0 Å². The van der Waals surface area contributed by atoms with Crippen molar-refractivity contribution in [2.45, 2.75) is 19.4 Å². The summed E-state index contributed by atoms with van der Waals surface area (Å²) < 4.78 is 5.44. The number of hydrogen-bond acceptors (Lipinski definition) is 4. The molecule has 0 unspecified atom stereocenters. The van der Waals surface area contributed by atoms with Crippen molar-refractivity contribution in [2.75, 3.05) is 18.6 Å². The van der Waals surface area contributed by atoms with Crippen LogP contribution in [0.25, 0.3) is 0 Å². The Kier molecular flexibility index (Phi) is 3.58. The molecule has 0 saturated carbocycles. The van der Waals surface area contributed by atoms with Crippen molar-refractivity contribution in [1.82, 2.24) is 4.98 Å². The van der Waals surface area contributed by atoms with Gasteiger partial charge in [0, 0.05) is 19.9 Å². The minimum Gasteiger partial charge on any atom is -0.368 e. The third-order valence-corrected chi connectivity index (χ3v) is 3.19. The van der Waals surface area contributed by atoms with E-state index in [0.717, 1.165) is 6.42 Å². The van der Waals surface area contributed by atoms with E-state index in [1.807, 2.05) is 13.0 Å². The van der Waals surface area contributed by atoms with Gasteiger partial charge in [-0.25, -0.2) is 4.98 Å². The summed E-state index contributed by atoms with van der Waals surface area (Å²) in [7, 11) is 1.62. The fraction of sp³-hybridized carbons (Fsp3) is 0.462. The van der Waals surface area contributed by atoms with Crippen LogP contribution in [-0.2, 0) is 9.53 Å². The SMILES string of the molecule is C[C@@H]1CCO[C@H]1C(=O)N(C)c1ncccc1C#N. The highest BCUT2D eigenvalue weighted by Gasteiger charge is 2.34. The average Bonchev–Trinajstić information content (AvgIpc) is 2.83. The third-order valence-electron chi connectivity index (χ3n) is 3.19. The first kappa shape index (κ1) is 12.5. The van der Waals surface area contributed by atoms with E-state index in [4.69, 9.17) is 10.00 Å². The lowest BCUT2D eigenvalue weighted by Gasteiger charge is -2.22. The van der Waals surface area contributed by atoms with Crippen molar-refractivity contribution in [2.24, 2.45) is 5.92 Å². The molecule has 1 saturated heterocycles. The molecule has 5 nitrogen and oxygen atoms in total. The predicted octanol–water partition coefficient (Wildman–Crippen LogP) is 1.34. The van der Waals surface area contributed by atoms with Crippen LogP contribution in [-0.4, -0.2) is 30.6 Å². The van der Waals surface area contributed by atoms with Gasteiger partial charge in [0.05, 0.1) is 5.56 Å². The van der Waals surface area contributed by atoms with Gasteiger partial charge in [-0.05, 0) is 24.5 Å². The zero-order chi connectivity index (χ0) is 13.1. The topological polar surface area (TPSA) is 66.2 Å². The maximum atomic E-state index is 12.3. The molecule has 0 N–H and O–H groups in total. The van der Waals surface area contributed by atoms with E-state index in [0.29, 0.717) is 18.0 Å². The summed E-state index contributed by atoms with van der Waals surface area (Å²) in [4.78, 5) is 17.8. The second kappa shape index (κ2) is 5.15. The number of amides is 1. The number of aromatic nitrogens is 1. The van der Waals surface area contributed by atoms with E-state index in [-0.39, 0.29) is 11.8 Å². The zero-order valence-electron chi connectivity index (χ0n) is 10.5. The summed E-state index contributed by atoms with van der Waals surface area (Å²) in [6, 6.07) is 5.36. The summed E-state index contributed by atoms with van der Waals surface area (Å²) >= 11 is 0. The lowest BCUT2D eigenvalue weighted by atomic mass is 10.0. The van der Waals surface area contributed by atoms with E-state index >= 15 is 0 Å². The fourth-order valence-corrected chi connectivity index (χ4v) is 2.06. The van der Waals surface area contributed by atoms with Gasteiger partial charge in [-0.3, -0.25) is 9.69 Å². The van der Waals surface area contributed by atoms with Crippen molar-refractivity contribution in [3.8, 4) is 6.07 Å². The van der Waals surface area contributed by atoms with E-state index in [1.54, 1.807) is 25.4 Å². The summed E-state index contributed by atoms with van der Waals surface area (Å²) in [5.41, 5.74) is 0.388. The van der Waals surface area contributed by atoms with Crippen LogP contribution < -0.4 is 4.90 Å². The highest BCUT2D eigenvalue weighted by atomic mass is 16.5. The molecular formula is C13H15N3O2. The summed E-state index contributed by atoms with van der Waals surface area (Å²) in [6.45, 7) is 2.60. The van der Waals surface area contributed by atoms with Crippen molar-refractivity contribution < 1.29 is 9.53 Å². The third kappa shape index (κ3) is 2.20. The molecule has 2 rings (SSSR count). The average molecular weight is 245 g/mol. The van der Waals surface area contributed by atoms with E-state index < -0.39 is 6.10 Å². The number of ether oxygens (including phenoxy) is 1. The smallest absolute Gasteiger partial charge is 0.257 e. The highest BCUT2D eigenvalue weighted by molar-refractivity contribution is 5.96. The van der Waals surface area contributed by atoms with Crippen molar-refractivity contribution >= 4 is 11.7 Å². The van der Waals surface area contributed by atoms with Gasteiger partial charge in [-0.1, -0.05) is 6.92 Å². The van der Waals surface area contributed by atoms with Crippen molar-refractivity contribution in [1.29, 1.82) is 5.26 Å². The van der Waals surface area contributed by atoms with Gasteiger partial charge >= 0.3 is 0 Å². The van der Waals surface area contributed by atoms with Gasteiger partial charge in [0.25, 0.3) is 5.91 Å². The Labute approximate surface area is 106 Å². The Hall–Kier alpha value is -1.93. The number of nitrogens with zero attached hydrogens (tertiary/aromatic N) is 3. The highest BCUT2D eigenvalue weighted by Crippen LogP contribution is 2.24. The molecule has 0 bridgehead atoms. The largest absolute Gasteiger partial charge is 0.368 e. The van der Waals surface area contributed by atoms with Crippen LogP contribution in [0.5, 0.6) is 0 Å². The Morgan fingerprint density at radius 3 is 3.06 bits per heavy atom. The minimum atomic E-state index is -0.427. The van der Waals surface area contributed by atoms with Gasteiger partial charge in [-0.2, -0.15) is 5.26 Å². The van der Waals surface area contributed by atoms with E-state index in [2.05, 4.69) is 4.98 Å². The molecule has 1 amide bonds. The molecule has 0 aliphatic carbocycles. The molecule has 0 aromatic carbocycles. The molecular weight excluding hydrogens is 230 g/mol. The van der Waals surface area contributed by atoms with Crippen LogP contribution in [0.2, 0.25) is 0 Å². The van der Waals surface area contributed by atoms with Crippen LogP contribution in [0.15, 0.2) is 18.3 Å². The van der Waals surface area contributed by atoms with Crippen LogP contribution >= 0.6 is 0 Å². The number of hydrogen-bond donors (Lipinski definition) is 0. The lowest BCUT2D eigenvalue weighted by molar-refractivity contribution is -0.128. The molecule has 1 aliphatic rings. The minimum absolute atomic E-state index is 0.143. The number of anilines is 1. The monoisotopic (exact) mass is 245 g/mol. The van der Waals surface area contributed by atoms with E-state index in [9.17, 15) is 4.79 Å². The number of rotatable bonds is 2. The van der Waals surface area contributed by atoms with Crippen LogP contribution in [0, 0.1) is 17.2 Å². The number of likely N-dealkylation sites (N-methyl/N-ethyl adjacent to an activating group) is 1. The first-order valence-electron chi connectivity index (χ1n) is 5.89. The van der Waals surface area contributed by atoms with Crippen LogP contribution in [0.1, 0.15) is 18.9 Å². The molecule has 5 heteroatoms. The number of carbonyl (C=O) groups is 1. The second-order valence-corrected chi connectivity index (χ2v) is 4.44. The van der Waals surface area contributed by atoms with Gasteiger partial charge < -0.3 is 4.74 Å². The molecule has 2 heterocycles. The normalized spacial score (nSPS) is 22.5. The molecule has 1 aliphatic heterocycles. The number of nitriles is 1. The Morgan fingerprint density at radius 2 is 2.44 bits per heavy atom. The first-order valence-corrected chi connectivity index (χ1v) is 5.89. The second-order valence-electron chi connectivity index (χ2n) is 4.44. The maximum Gasteiger partial charge on any atom is 0.257 e. The molecule has 18 heavy (non-hydrogen) atoms. The molecule has 0 radical (unpaired) electrons. The standard InChI is InChI=1S/C13H15N3O2/c1-9-5-7-18-11(9)13(17)16(2)12-10(8-14)4-3-6-15-12/h3-4,6,9,11H,5,7H2,1-2H3/t9-,11-/m1/s1. The molecule has 1 aromatic heterocycles. The van der Waals surface area contributed by atoms with Gasteiger partial charge in [-0.15, -0.1) is 0 Å². The first-order chi connectivity index (χ1) is 8.65. The number of pyridine rings is 1. The summed E-state index contributed by atoms with van der Waals surface area (Å²) in [5.74, 6) is 0.442. The van der Waals surface area contributed by atoms with Crippen molar-refractivity contribution in [3.63, 3.8) is 0 Å². The van der Waals surface area contributed by atoms with Crippen LogP contribution in [0.4, 0.5) is 5.82 Å². The predicted molar refractivity (Wildman–Crippen MR) is 65.9 cm³/mol. The van der Waals surface area contributed by atoms with Crippen LogP contribution in [0.3, 0.4) is 0 Å². The quantitative estimate of drug-likeness (QED) is 0.788. The van der Waals surface area contributed by atoms with E-state index in [1.165, 1.54) is 4.90 Å². The molecule has 1 fully saturated rings. The van der Waals surface area contributed by atoms with Crippen molar-refractivity contribution in [3.05, 3.63) is 23.9 Å². The Bertz CT molecular complexity index is 495. The zero-order valence-corrected chi connectivity index (χ0v) is 10.5. The van der Waals surface area contributed by atoms with Gasteiger partial charge in [0.1, 0.15) is 12.2 Å². The molecule has 94 valence electrons. The molecule has 2 atom stereocenters. The summed E-state index contributed by atoms with van der Waals surface area (Å²) in [5, 5.41) is 9.01. The molecule has 0 spiro atoms. The Morgan fingerprint density at radius 1 is 1.67 bits per heavy atom. The fourth-order valence-electron chi connectivity index (χ4n) is 2.06. The lowest BCUT2D eigenvalue weighted by Crippen LogP contribution is -2.39. The number of carbonyl (C=O) groups excluding carboxylic acids is 1. The van der Waals surface area contributed by atoms with Gasteiger partial charge in [0.15, 0.2) is 5.82 Å². The molecule has 1 aromatic rings. The Balaban J connectivity index is 2.23. The summed E-state index contributed by atoms with van der Waals surface area (Å²) in [6.07, 6.45) is 2.03. The maximum absolute atomic E-state index is 12.3.